The third kappa shape index (κ3) is 3.33. The Morgan fingerprint density at radius 3 is 2.78 bits per heavy atom. The third-order valence-electron chi connectivity index (χ3n) is 3.38. The van der Waals surface area contributed by atoms with Gasteiger partial charge in [-0.3, -0.25) is 4.79 Å². The average molecular weight is 246 g/mol. The smallest absolute Gasteiger partial charge is 0.240 e. The molecular weight excluding hydrogens is 224 g/mol. The van der Waals surface area contributed by atoms with Crippen molar-refractivity contribution in [1.82, 2.24) is 10.2 Å². The topological polar surface area (TPSA) is 32.3 Å². The van der Waals surface area contributed by atoms with E-state index in [1.807, 2.05) is 23.1 Å². The Morgan fingerprint density at radius 1 is 1.39 bits per heavy atom. The molecule has 1 aliphatic rings. The highest BCUT2D eigenvalue weighted by Gasteiger charge is 2.26. The van der Waals surface area contributed by atoms with Crippen molar-refractivity contribution in [3.8, 4) is 0 Å². The van der Waals surface area contributed by atoms with E-state index in [1.165, 1.54) is 5.56 Å². The minimum atomic E-state index is 0.0419. The van der Waals surface area contributed by atoms with Gasteiger partial charge in [-0.15, -0.1) is 0 Å². The summed E-state index contributed by atoms with van der Waals surface area (Å²) in [4.78, 5) is 14.4. The summed E-state index contributed by atoms with van der Waals surface area (Å²) < 4.78 is 0. The molecule has 1 saturated heterocycles. The van der Waals surface area contributed by atoms with E-state index in [-0.39, 0.29) is 11.9 Å². The molecule has 0 saturated carbocycles. The first-order valence-corrected chi connectivity index (χ1v) is 6.87. The number of carbonyl (C=O) groups is 1. The maximum absolute atomic E-state index is 12.4. The van der Waals surface area contributed by atoms with Crippen LogP contribution in [0.1, 0.15) is 31.7 Å². The summed E-state index contributed by atoms with van der Waals surface area (Å²) in [6.45, 7) is 4.66. The van der Waals surface area contributed by atoms with Crippen LogP contribution < -0.4 is 5.32 Å². The molecule has 3 nitrogen and oxygen atoms in total. The maximum atomic E-state index is 12.4. The van der Waals surface area contributed by atoms with Crippen molar-refractivity contribution in [2.45, 2.75) is 38.8 Å². The number of nitrogens with one attached hydrogen (secondary N) is 1. The van der Waals surface area contributed by atoms with Crippen LogP contribution in [-0.2, 0) is 11.3 Å². The Bertz CT molecular complexity index is 371. The van der Waals surface area contributed by atoms with Gasteiger partial charge >= 0.3 is 0 Å². The molecule has 2 rings (SSSR count). The van der Waals surface area contributed by atoms with Gasteiger partial charge in [0.25, 0.3) is 0 Å². The quantitative estimate of drug-likeness (QED) is 0.863. The molecule has 1 aromatic carbocycles. The van der Waals surface area contributed by atoms with E-state index < -0.39 is 0 Å². The van der Waals surface area contributed by atoms with Crippen LogP contribution in [0.2, 0.25) is 0 Å². The van der Waals surface area contributed by atoms with Crippen molar-refractivity contribution in [3.63, 3.8) is 0 Å². The lowest BCUT2D eigenvalue weighted by molar-refractivity contribution is -0.133. The van der Waals surface area contributed by atoms with Gasteiger partial charge in [0.1, 0.15) is 0 Å². The predicted octanol–water partition coefficient (Wildman–Crippen LogP) is 2.18. The molecule has 3 heteroatoms. The average Bonchev–Trinajstić information content (AvgIpc) is 2.92. The summed E-state index contributed by atoms with van der Waals surface area (Å²) in [6.07, 6.45) is 3.10. The second-order valence-electron chi connectivity index (χ2n) is 4.89. The summed E-state index contributed by atoms with van der Waals surface area (Å²) in [7, 11) is 0. The van der Waals surface area contributed by atoms with Crippen molar-refractivity contribution in [2.24, 2.45) is 0 Å². The highest BCUT2D eigenvalue weighted by atomic mass is 16.2. The van der Waals surface area contributed by atoms with Crippen LogP contribution in [0.25, 0.3) is 0 Å². The van der Waals surface area contributed by atoms with Crippen LogP contribution >= 0.6 is 0 Å². The lowest BCUT2D eigenvalue weighted by atomic mass is 10.1. The van der Waals surface area contributed by atoms with Crippen LogP contribution in [0.5, 0.6) is 0 Å². The Morgan fingerprint density at radius 2 is 2.17 bits per heavy atom. The molecule has 1 unspecified atom stereocenters. The van der Waals surface area contributed by atoms with E-state index in [1.54, 1.807) is 0 Å². The Balaban J connectivity index is 2.00. The van der Waals surface area contributed by atoms with Gasteiger partial charge in [-0.25, -0.2) is 0 Å². The van der Waals surface area contributed by atoms with E-state index in [9.17, 15) is 4.79 Å². The molecule has 98 valence electrons. The first-order valence-electron chi connectivity index (χ1n) is 6.87. The highest BCUT2D eigenvalue weighted by Crippen LogP contribution is 2.12. The normalized spacial score (nSPS) is 18.8. The van der Waals surface area contributed by atoms with Crippen LogP contribution in [0.15, 0.2) is 30.3 Å². The standard InChI is InChI=1S/C15H22N2O/c1-2-11-17(12-13-7-4-3-5-8-13)15(18)14-9-6-10-16-14/h3-5,7-8,14,16H,2,6,9-12H2,1H3. The molecule has 0 aromatic heterocycles. The molecule has 0 aliphatic carbocycles. The Hall–Kier alpha value is -1.35. The summed E-state index contributed by atoms with van der Waals surface area (Å²) in [5, 5.41) is 3.29. The Labute approximate surface area is 109 Å². The number of carbonyl (C=O) groups excluding carboxylic acids is 1. The van der Waals surface area contributed by atoms with Gasteiger partial charge < -0.3 is 10.2 Å². The minimum absolute atomic E-state index is 0.0419. The second-order valence-corrected chi connectivity index (χ2v) is 4.89. The maximum Gasteiger partial charge on any atom is 0.240 e. The molecule has 1 heterocycles. The third-order valence-corrected chi connectivity index (χ3v) is 3.38. The predicted molar refractivity (Wildman–Crippen MR) is 73.2 cm³/mol. The van der Waals surface area contributed by atoms with Crippen LogP contribution in [0.4, 0.5) is 0 Å². The van der Waals surface area contributed by atoms with E-state index in [0.717, 1.165) is 38.9 Å². The molecule has 1 aromatic rings. The molecule has 18 heavy (non-hydrogen) atoms. The van der Waals surface area contributed by atoms with Crippen molar-refractivity contribution in [2.75, 3.05) is 13.1 Å². The molecule has 0 spiro atoms. The fraction of sp³-hybridized carbons (Fsp3) is 0.533. The minimum Gasteiger partial charge on any atom is -0.337 e. The molecule has 1 amide bonds. The monoisotopic (exact) mass is 246 g/mol. The molecule has 1 atom stereocenters. The first-order chi connectivity index (χ1) is 8.81. The van der Waals surface area contributed by atoms with Gasteiger partial charge in [0, 0.05) is 13.1 Å². The van der Waals surface area contributed by atoms with Gasteiger partial charge in [-0.2, -0.15) is 0 Å². The van der Waals surface area contributed by atoms with Crippen LogP contribution in [0.3, 0.4) is 0 Å². The van der Waals surface area contributed by atoms with Crippen LogP contribution in [0, 0.1) is 0 Å². The second kappa shape index (κ2) is 6.55. The first kappa shape index (κ1) is 13.1. The van der Waals surface area contributed by atoms with Crippen molar-refractivity contribution in [1.29, 1.82) is 0 Å². The molecule has 0 radical (unpaired) electrons. The number of benzene rings is 1. The SMILES string of the molecule is CCCN(Cc1ccccc1)C(=O)C1CCCN1. The summed E-state index contributed by atoms with van der Waals surface area (Å²) in [5.74, 6) is 0.262. The van der Waals surface area contributed by atoms with Crippen molar-refractivity contribution in [3.05, 3.63) is 35.9 Å². The van der Waals surface area contributed by atoms with Crippen LogP contribution in [-0.4, -0.2) is 29.9 Å². The zero-order valence-corrected chi connectivity index (χ0v) is 11.1. The molecule has 1 aliphatic heterocycles. The van der Waals surface area contributed by atoms with E-state index in [2.05, 4.69) is 24.4 Å². The molecule has 1 N–H and O–H groups in total. The summed E-state index contributed by atoms with van der Waals surface area (Å²) in [5.41, 5.74) is 1.21. The lowest BCUT2D eigenvalue weighted by Crippen LogP contribution is -2.43. The number of rotatable bonds is 5. The zero-order valence-electron chi connectivity index (χ0n) is 11.1. The number of hydrogen-bond acceptors (Lipinski definition) is 2. The number of hydrogen-bond donors (Lipinski definition) is 1. The van der Waals surface area contributed by atoms with Gasteiger partial charge in [-0.1, -0.05) is 37.3 Å². The fourth-order valence-corrected chi connectivity index (χ4v) is 2.46. The van der Waals surface area contributed by atoms with Gasteiger partial charge in [0.15, 0.2) is 0 Å². The van der Waals surface area contributed by atoms with Crippen molar-refractivity contribution < 1.29 is 4.79 Å². The highest BCUT2D eigenvalue weighted by molar-refractivity contribution is 5.82. The number of nitrogens with zero attached hydrogens (tertiary/aromatic N) is 1. The van der Waals surface area contributed by atoms with E-state index >= 15 is 0 Å². The number of amides is 1. The van der Waals surface area contributed by atoms with Gasteiger partial charge in [0.05, 0.1) is 6.04 Å². The van der Waals surface area contributed by atoms with Gasteiger partial charge in [0.2, 0.25) is 5.91 Å². The van der Waals surface area contributed by atoms with E-state index in [4.69, 9.17) is 0 Å². The van der Waals surface area contributed by atoms with Gasteiger partial charge in [-0.05, 0) is 31.4 Å². The fourth-order valence-electron chi connectivity index (χ4n) is 2.46. The lowest BCUT2D eigenvalue weighted by Gasteiger charge is -2.25. The summed E-state index contributed by atoms with van der Waals surface area (Å²) >= 11 is 0. The Kier molecular flexibility index (Phi) is 4.76. The molecule has 0 bridgehead atoms. The molecule has 1 fully saturated rings. The van der Waals surface area contributed by atoms with Crippen molar-refractivity contribution >= 4 is 5.91 Å². The summed E-state index contributed by atoms with van der Waals surface area (Å²) in [6, 6.07) is 10.3. The van der Waals surface area contributed by atoms with E-state index in [0.29, 0.717) is 0 Å². The molecular formula is C15H22N2O. The largest absolute Gasteiger partial charge is 0.337 e. The zero-order chi connectivity index (χ0) is 12.8.